The van der Waals surface area contributed by atoms with Crippen molar-refractivity contribution in [1.82, 2.24) is 14.5 Å². The molecule has 1 aliphatic heterocycles. The number of para-hydroxylation sites is 1. The first-order valence-electron chi connectivity index (χ1n) is 8.10. The van der Waals surface area contributed by atoms with Crippen molar-refractivity contribution >= 4 is 22.8 Å². The number of nitrogens with one attached hydrogen (secondary N) is 1. The molecule has 2 aromatic rings. The molecule has 25 heavy (non-hydrogen) atoms. The zero-order valence-electron chi connectivity index (χ0n) is 13.8. The van der Waals surface area contributed by atoms with Crippen molar-refractivity contribution in [2.75, 3.05) is 6.54 Å². The summed E-state index contributed by atoms with van der Waals surface area (Å²) in [5, 5.41) is 9.77. The number of hydrogen-bond acceptors (Lipinski definition) is 4. The molecule has 1 fully saturated rings. The summed E-state index contributed by atoms with van der Waals surface area (Å²) in [6, 6.07) is 6.66. The van der Waals surface area contributed by atoms with Crippen LogP contribution < -0.4 is 11.2 Å². The average Bonchev–Trinajstić information content (AvgIpc) is 2.98. The number of fused-ring (bicyclic) bond motifs is 1. The number of aliphatic carboxylic acids is 1. The van der Waals surface area contributed by atoms with Crippen molar-refractivity contribution in [3.05, 3.63) is 45.1 Å². The van der Waals surface area contributed by atoms with Gasteiger partial charge in [-0.1, -0.05) is 12.1 Å². The second kappa shape index (κ2) is 6.19. The average molecular weight is 345 g/mol. The van der Waals surface area contributed by atoms with E-state index in [1.165, 1.54) is 9.47 Å². The van der Waals surface area contributed by atoms with Crippen LogP contribution >= 0.6 is 0 Å². The highest BCUT2D eigenvalue weighted by Crippen LogP contribution is 2.29. The number of benzene rings is 1. The number of amides is 1. The fourth-order valence-corrected chi connectivity index (χ4v) is 3.39. The highest BCUT2D eigenvalue weighted by molar-refractivity contribution is 5.87. The lowest BCUT2D eigenvalue weighted by Crippen LogP contribution is -2.51. The molecule has 1 unspecified atom stereocenters. The quantitative estimate of drug-likeness (QED) is 0.840. The zero-order valence-corrected chi connectivity index (χ0v) is 13.8. The smallest absolute Gasteiger partial charge is 0.329 e. The van der Waals surface area contributed by atoms with E-state index in [2.05, 4.69) is 4.98 Å². The maximum absolute atomic E-state index is 12.5. The molecule has 1 saturated heterocycles. The van der Waals surface area contributed by atoms with Gasteiger partial charge < -0.3 is 10.0 Å². The van der Waals surface area contributed by atoms with E-state index in [-0.39, 0.29) is 18.9 Å². The Morgan fingerprint density at radius 1 is 1.28 bits per heavy atom. The zero-order chi connectivity index (χ0) is 18.2. The number of hydrogen-bond donors (Lipinski definition) is 2. The molecule has 8 heteroatoms. The molecule has 1 amide bonds. The van der Waals surface area contributed by atoms with Gasteiger partial charge >= 0.3 is 11.7 Å². The van der Waals surface area contributed by atoms with Gasteiger partial charge in [0.05, 0.1) is 10.9 Å². The molecular weight excluding hydrogens is 326 g/mol. The third-order valence-electron chi connectivity index (χ3n) is 4.86. The number of carboxylic acid groups (broad SMARTS) is 1. The van der Waals surface area contributed by atoms with Gasteiger partial charge in [-0.2, -0.15) is 0 Å². The summed E-state index contributed by atoms with van der Waals surface area (Å²) in [5.41, 5.74) is -1.80. The lowest BCUT2D eigenvalue weighted by atomic mass is 9.99. The Balaban J connectivity index is 1.86. The predicted molar refractivity (Wildman–Crippen MR) is 90.4 cm³/mol. The largest absolute Gasteiger partial charge is 0.480 e. The van der Waals surface area contributed by atoms with Crippen LogP contribution in [0.1, 0.15) is 26.2 Å². The van der Waals surface area contributed by atoms with Crippen LogP contribution in [0.2, 0.25) is 0 Å². The summed E-state index contributed by atoms with van der Waals surface area (Å²) in [7, 11) is 0. The van der Waals surface area contributed by atoms with Crippen LogP contribution in [0.25, 0.3) is 10.9 Å². The van der Waals surface area contributed by atoms with Gasteiger partial charge in [0, 0.05) is 19.5 Å². The number of carboxylic acids is 1. The van der Waals surface area contributed by atoms with E-state index in [9.17, 15) is 24.3 Å². The summed E-state index contributed by atoms with van der Waals surface area (Å²) in [5.74, 6) is -1.34. The van der Waals surface area contributed by atoms with Crippen LogP contribution in [0.5, 0.6) is 0 Å². The van der Waals surface area contributed by atoms with Gasteiger partial charge in [0.25, 0.3) is 5.56 Å². The molecule has 1 aromatic carbocycles. The van der Waals surface area contributed by atoms with E-state index < -0.39 is 22.8 Å². The first-order chi connectivity index (χ1) is 11.8. The van der Waals surface area contributed by atoms with Crippen LogP contribution in [-0.4, -0.2) is 43.5 Å². The normalized spacial score (nSPS) is 20.1. The number of nitrogens with zero attached hydrogens (tertiary/aromatic N) is 2. The molecule has 0 radical (unpaired) electrons. The molecule has 0 spiro atoms. The number of likely N-dealkylation sites (tertiary alicyclic amines) is 1. The van der Waals surface area contributed by atoms with Crippen molar-refractivity contribution in [3.8, 4) is 0 Å². The third-order valence-corrected chi connectivity index (χ3v) is 4.86. The SMILES string of the molecule is CC1(C(=O)O)CCCN1C(=O)CCn1c(=O)[nH]c(=O)c2ccccc21. The van der Waals surface area contributed by atoms with Crippen molar-refractivity contribution in [3.63, 3.8) is 0 Å². The Kier molecular flexibility index (Phi) is 4.20. The molecule has 0 saturated carbocycles. The first-order valence-corrected chi connectivity index (χ1v) is 8.10. The first kappa shape index (κ1) is 16.9. The molecule has 0 aliphatic carbocycles. The lowest BCUT2D eigenvalue weighted by molar-refractivity contribution is -0.155. The number of aryl methyl sites for hydroxylation is 1. The molecule has 0 bridgehead atoms. The Morgan fingerprint density at radius 2 is 2.00 bits per heavy atom. The molecule has 1 atom stereocenters. The minimum atomic E-state index is -1.20. The fraction of sp³-hybridized carbons (Fsp3) is 0.412. The lowest BCUT2D eigenvalue weighted by Gasteiger charge is -2.31. The highest BCUT2D eigenvalue weighted by atomic mass is 16.4. The van der Waals surface area contributed by atoms with Crippen LogP contribution in [0, 0.1) is 0 Å². The van der Waals surface area contributed by atoms with E-state index in [1.807, 2.05) is 0 Å². The summed E-state index contributed by atoms with van der Waals surface area (Å²) in [6.07, 6.45) is 1.03. The van der Waals surface area contributed by atoms with E-state index >= 15 is 0 Å². The molecule has 1 aromatic heterocycles. The Morgan fingerprint density at radius 3 is 2.72 bits per heavy atom. The minimum absolute atomic E-state index is 0.0151. The van der Waals surface area contributed by atoms with E-state index in [1.54, 1.807) is 31.2 Å². The standard InChI is InChI=1S/C17H19N3O5/c1-17(15(23)24)8-4-9-20(17)13(21)7-10-19-12-6-3-2-5-11(12)14(22)18-16(19)25/h2-3,5-6H,4,7-10H2,1H3,(H,23,24)(H,18,22,25). The maximum atomic E-state index is 12.5. The third kappa shape index (κ3) is 2.84. The topological polar surface area (TPSA) is 112 Å². The molecule has 8 nitrogen and oxygen atoms in total. The summed E-state index contributed by atoms with van der Waals surface area (Å²) in [4.78, 5) is 51.6. The van der Waals surface area contributed by atoms with Crippen molar-refractivity contribution < 1.29 is 14.7 Å². The van der Waals surface area contributed by atoms with Crippen LogP contribution in [-0.2, 0) is 16.1 Å². The van der Waals surface area contributed by atoms with E-state index in [4.69, 9.17) is 0 Å². The molecule has 132 valence electrons. The number of carbonyl (C=O) groups excluding carboxylic acids is 1. The van der Waals surface area contributed by atoms with Gasteiger partial charge in [-0.15, -0.1) is 0 Å². The summed E-state index contributed by atoms with van der Waals surface area (Å²) in [6.45, 7) is 2.01. The number of aromatic amines is 1. The van der Waals surface area contributed by atoms with Gasteiger partial charge in [0.2, 0.25) is 5.91 Å². The number of carbonyl (C=O) groups is 2. The second-order valence-corrected chi connectivity index (χ2v) is 6.41. The van der Waals surface area contributed by atoms with Crippen molar-refractivity contribution in [2.24, 2.45) is 0 Å². The highest BCUT2D eigenvalue weighted by Gasteiger charge is 2.45. The molecule has 2 heterocycles. The molecule has 1 aliphatic rings. The molecular formula is C17H19N3O5. The fourth-order valence-electron chi connectivity index (χ4n) is 3.39. The Labute approximate surface area is 142 Å². The van der Waals surface area contributed by atoms with Crippen LogP contribution in [0.3, 0.4) is 0 Å². The summed E-state index contributed by atoms with van der Waals surface area (Å²) >= 11 is 0. The van der Waals surface area contributed by atoms with Gasteiger partial charge in [0.15, 0.2) is 0 Å². The molecule has 2 N–H and O–H groups in total. The number of rotatable bonds is 4. The second-order valence-electron chi connectivity index (χ2n) is 6.41. The van der Waals surface area contributed by atoms with Crippen molar-refractivity contribution in [2.45, 2.75) is 38.3 Å². The van der Waals surface area contributed by atoms with Crippen molar-refractivity contribution in [1.29, 1.82) is 0 Å². The maximum Gasteiger partial charge on any atom is 0.329 e. The minimum Gasteiger partial charge on any atom is -0.480 e. The number of H-pyrrole nitrogens is 1. The molecule has 3 rings (SSSR count). The van der Waals surface area contributed by atoms with E-state index in [0.29, 0.717) is 30.3 Å². The monoisotopic (exact) mass is 345 g/mol. The number of aromatic nitrogens is 2. The predicted octanol–water partition coefficient (Wildman–Crippen LogP) is 0.546. The van der Waals surface area contributed by atoms with E-state index in [0.717, 1.165) is 0 Å². The van der Waals surface area contributed by atoms with Gasteiger partial charge in [-0.3, -0.25) is 19.1 Å². The van der Waals surface area contributed by atoms with Gasteiger partial charge in [-0.25, -0.2) is 9.59 Å². The van der Waals surface area contributed by atoms with Gasteiger partial charge in [0.1, 0.15) is 5.54 Å². The van der Waals surface area contributed by atoms with Crippen LogP contribution in [0.4, 0.5) is 0 Å². The summed E-state index contributed by atoms with van der Waals surface area (Å²) < 4.78 is 1.34. The Bertz CT molecular complexity index is 961. The Hall–Kier alpha value is -2.90. The van der Waals surface area contributed by atoms with Gasteiger partial charge in [-0.05, 0) is 31.9 Å². The van der Waals surface area contributed by atoms with Crippen LogP contribution in [0.15, 0.2) is 33.9 Å².